The van der Waals surface area contributed by atoms with Gasteiger partial charge in [0.25, 0.3) is 0 Å². The standard InChI is InChI=1S/C34H46N6O9S/c1-34(2,13-6-7-14-37-32(36)38-21-35)20-39(50(44,45)24-10-11-29-30(17-24)49-22-48-29)18-28(41)26(16-23-8-4-3-5-9-23)40(33(42)43)27-19-47-31-25(27)12-15-46-31/h3-5,8-11,17,25-28,31,41H,6-7,12-16,18-20,22H2,1-2H3,(H,42,43)(H3,36,37,38)/p-1/t25-,26-,27-,28+,31+/m0/s1. The third kappa shape index (κ3) is 8.95. The highest BCUT2D eigenvalue weighted by atomic mass is 32.2. The molecule has 2 saturated heterocycles. The molecule has 16 heteroatoms. The Bertz CT molecular complexity index is 1650. The van der Waals surface area contributed by atoms with Crippen LogP contribution in [0.1, 0.15) is 45.1 Å². The largest absolute Gasteiger partial charge is 0.530 e. The van der Waals surface area contributed by atoms with Gasteiger partial charge in [-0.05, 0) is 48.8 Å². The van der Waals surface area contributed by atoms with E-state index in [0.717, 1.165) is 10.5 Å². The number of rotatable bonds is 16. The van der Waals surface area contributed by atoms with Crippen LogP contribution in [-0.2, 0) is 25.9 Å². The van der Waals surface area contributed by atoms with Crippen molar-refractivity contribution in [3.63, 3.8) is 0 Å². The van der Waals surface area contributed by atoms with Crippen molar-refractivity contribution in [1.29, 1.82) is 5.26 Å². The SMILES string of the molecule is CC(C)(CCCCN=C(N)NC#N)CN(C[C@@H](O)[C@H](Cc1ccccc1)N(C(=O)[O-])[C@H]1CO[C@H]2OCC[C@H]21)S(=O)(=O)c1ccc2c(c1)OCO2. The fourth-order valence-corrected chi connectivity index (χ4v) is 8.52. The average Bonchev–Trinajstić information content (AvgIpc) is 3.83. The molecular weight excluding hydrogens is 668 g/mol. The van der Waals surface area contributed by atoms with E-state index in [1.807, 2.05) is 44.2 Å². The number of unbranched alkanes of at least 4 members (excludes halogenated alkanes) is 1. The highest BCUT2D eigenvalue weighted by Gasteiger charge is 2.47. The monoisotopic (exact) mass is 713 g/mol. The first kappa shape index (κ1) is 37.1. The number of nitrogens with one attached hydrogen (secondary N) is 1. The molecule has 0 aromatic heterocycles. The molecule has 0 bridgehead atoms. The number of sulfonamides is 1. The van der Waals surface area contributed by atoms with E-state index in [1.165, 1.54) is 22.5 Å². The summed E-state index contributed by atoms with van der Waals surface area (Å²) >= 11 is 0. The van der Waals surface area contributed by atoms with Gasteiger partial charge in [-0.1, -0.05) is 50.6 Å². The van der Waals surface area contributed by atoms with Gasteiger partial charge in [-0.15, -0.1) is 0 Å². The van der Waals surface area contributed by atoms with Gasteiger partial charge in [0.2, 0.25) is 22.8 Å². The summed E-state index contributed by atoms with van der Waals surface area (Å²) in [6.45, 7) is 4.31. The summed E-state index contributed by atoms with van der Waals surface area (Å²) in [6.07, 6.45) is 0.831. The van der Waals surface area contributed by atoms with Crippen molar-refractivity contribution >= 4 is 22.1 Å². The summed E-state index contributed by atoms with van der Waals surface area (Å²) in [5.41, 5.74) is 5.81. The maximum absolute atomic E-state index is 14.4. The van der Waals surface area contributed by atoms with Crippen molar-refractivity contribution in [2.75, 3.05) is 39.6 Å². The summed E-state index contributed by atoms with van der Waals surface area (Å²) in [4.78, 5) is 18.1. The first-order valence-corrected chi connectivity index (χ1v) is 18.1. The Labute approximate surface area is 292 Å². The van der Waals surface area contributed by atoms with Crippen LogP contribution in [0.4, 0.5) is 4.79 Å². The highest BCUT2D eigenvalue weighted by Crippen LogP contribution is 2.38. The molecule has 2 aromatic carbocycles. The molecule has 2 fully saturated rings. The molecule has 0 saturated carbocycles. The van der Waals surface area contributed by atoms with E-state index >= 15 is 0 Å². The van der Waals surface area contributed by atoms with Crippen LogP contribution in [-0.4, -0.2) is 98.9 Å². The average molecular weight is 714 g/mol. The third-order valence-corrected chi connectivity index (χ3v) is 11.2. The number of ether oxygens (including phenoxy) is 4. The molecule has 3 aliphatic rings. The van der Waals surface area contributed by atoms with Gasteiger partial charge in [0, 0.05) is 31.6 Å². The summed E-state index contributed by atoms with van der Waals surface area (Å²) in [5, 5.41) is 35.9. The first-order valence-electron chi connectivity index (χ1n) is 16.7. The lowest BCUT2D eigenvalue weighted by Gasteiger charge is -2.43. The number of nitrogens with two attached hydrogens (primary N) is 1. The summed E-state index contributed by atoms with van der Waals surface area (Å²) in [5.74, 6) is 0.486. The van der Waals surface area contributed by atoms with Gasteiger partial charge < -0.3 is 44.6 Å². The molecule has 5 rings (SSSR count). The quantitative estimate of drug-likeness (QED) is 0.0740. The molecule has 3 aliphatic heterocycles. The van der Waals surface area contributed by atoms with E-state index in [9.17, 15) is 23.4 Å². The van der Waals surface area contributed by atoms with Crippen molar-refractivity contribution in [3.8, 4) is 17.7 Å². The topological polar surface area (TPSA) is 212 Å². The number of hydrogen-bond donors (Lipinski definition) is 3. The zero-order valence-corrected chi connectivity index (χ0v) is 29.1. The summed E-state index contributed by atoms with van der Waals surface area (Å²) in [6, 6.07) is 11.8. The van der Waals surface area contributed by atoms with Crippen molar-refractivity contribution in [3.05, 3.63) is 54.1 Å². The van der Waals surface area contributed by atoms with E-state index in [1.54, 1.807) is 6.19 Å². The Balaban J connectivity index is 1.43. The minimum atomic E-state index is -4.26. The minimum Gasteiger partial charge on any atom is -0.530 e. The lowest BCUT2D eigenvalue weighted by Crippen LogP contribution is -2.61. The number of guanidine groups is 1. The van der Waals surface area contributed by atoms with Crippen molar-refractivity contribution in [1.82, 2.24) is 14.5 Å². The summed E-state index contributed by atoms with van der Waals surface area (Å²) in [7, 11) is -4.26. The number of fused-ring (bicyclic) bond motifs is 2. The number of benzene rings is 2. The highest BCUT2D eigenvalue weighted by molar-refractivity contribution is 7.89. The zero-order chi connectivity index (χ0) is 35.9. The Hall–Kier alpha value is -4.14. The molecule has 3 heterocycles. The predicted molar refractivity (Wildman–Crippen MR) is 179 cm³/mol. The second-order valence-electron chi connectivity index (χ2n) is 13.5. The van der Waals surface area contributed by atoms with Crippen LogP contribution in [0.3, 0.4) is 0 Å². The number of amides is 1. The van der Waals surface area contributed by atoms with E-state index in [2.05, 4.69) is 10.3 Å². The van der Waals surface area contributed by atoms with Crippen LogP contribution >= 0.6 is 0 Å². The maximum atomic E-state index is 14.4. The Morgan fingerprint density at radius 2 is 1.94 bits per heavy atom. The second-order valence-corrected chi connectivity index (χ2v) is 15.5. The Kier molecular flexibility index (Phi) is 12.1. The van der Waals surface area contributed by atoms with E-state index in [-0.39, 0.29) is 48.9 Å². The molecule has 1 amide bonds. The van der Waals surface area contributed by atoms with Gasteiger partial charge in [-0.2, -0.15) is 9.57 Å². The van der Waals surface area contributed by atoms with Gasteiger partial charge in [0.1, 0.15) is 6.09 Å². The fourth-order valence-electron chi connectivity index (χ4n) is 6.85. The molecule has 0 spiro atoms. The number of aliphatic hydroxyl groups is 1. The van der Waals surface area contributed by atoms with Crippen molar-refractivity contribution < 1.29 is 42.4 Å². The molecular formula is C34H45N6O9S-. The number of carbonyl (C=O) groups is 1. The molecule has 5 atom stereocenters. The van der Waals surface area contributed by atoms with Crippen LogP contribution in [0.15, 0.2) is 58.4 Å². The lowest BCUT2D eigenvalue weighted by atomic mass is 9.87. The number of hydrogen-bond acceptors (Lipinski definition) is 11. The number of carbonyl (C=O) groups excluding carboxylic acids is 1. The van der Waals surface area contributed by atoms with Gasteiger partial charge in [0.05, 0.1) is 36.3 Å². The van der Waals surface area contributed by atoms with Crippen LogP contribution < -0.4 is 25.6 Å². The Morgan fingerprint density at radius 3 is 2.68 bits per heavy atom. The number of carboxylic acid groups (broad SMARTS) is 1. The van der Waals surface area contributed by atoms with Crippen LogP contribution in [0.25, 0.3) is 0 Å². The Morgan fingerprint density at radius 1 is 1.18 bits per heavy atom. The number of aliphatic hydroxyl groups excluding tert-OH is 1. The molecule has 15 nitrogen and oxygen atoms in total. The molecule has 2 aromatic rings. The van der Waals surface area contributed by atoms with E-state index in [4.69, 9.17) is 29.9 Å². The van der Waals surface area contributed by atoms with E-state index < -0.39 is 52.6 Å². The maximum Gasteiger partial charge on any atom is 0.243 e. The van der Waals surface area contributed by atoms with Crippen molar-refractivity contribution in [2.24, 2.45) is 22.1 Å². The number of aliphatic imine (C=N–C) groups is 1. The molecule has 0 unspecified atom stereocenters. The molecule has 0 aliphatic carbocycles. The fraction of sp³-hybridized carbons (Fsp3) is 0.559. The number of nitriles is 1. The van der Waals surface area contributed by atoms with Gasteiger partial charge in [0.15, 0.2) is 24.0 Å². The molecule has 272 valence electrons. The smallest absolute Gasteiger partial charge is 0.243 e. The van der Waals surface area contributed by atoms with Gasteiger partial charge in [-0.3, -0.25) is 10.3 Å². The lowest BCUT2D eigenvalue weighted by molar-refractivity contribution is -0.273. The number of nitrogens with zero attached hydrogens (tertiary/aromatic N) is 4. The van der Waals surface area contributed by atoms with Gasteiger partial charge in [-0.25, -0.2) is 8.42 Å². The third-order valence-electron chi connectivity index (χ3n) is 9.37. The van der Waals surface area contributed by atoms with Crippen LogP contribution in [0.5, 0.6) is 11.5 Å². The van der Waals surface area contributed by atoms with Crippen LogP contribution in [0.2, 0.25) is 0 Å². The normalized spacial score (nSPS) is 21.4. The predicted octanol–water partition coefficient (Wildman–Crippen LogP) is 1.37. The van der Waals surface area contributed by atoms with Crippen LogP contribution in [0, 0.1) is 22.8 Å². The molecule has 50 heavy (non-hydrogen) atoms. The van der Waals surface area contributed by atoms with E-state index in [0.29, 0.717) is 44.6 Å². The molecule has 0 radical (unpaired) electrons. The first-order chi connectivity index (χ1) is 23.9. The van der Waals surface area contributed by atoms with Crippen molar-refractivity contribution in [2.45, 2.75) is 75.3 Å². The minimum absolute atomic E-state index is 0.0106. The second kappa shape index (κ2) is 16.3. The zero-order valence-electron chi connectivity index (χ0n) is 28.3. The summed E-state index contributed by atoms with van der Waals surface area (Å²) < 4.78 is 52.3. The molecule has 4 N–H and O–H groups in total. The van der Waals surface area contributed by atoms with Gasteiger partial charge >= 0.3 is 0 Å².